The third kappa shape index (κ3) is 3.40. The maximum Gasteiger partial charge on any atom is 0.255 e. The average Bonchev–Trinajstić information content (AvgIpc) is 2.68. The summed E-state index contributed by atoms with van der Waals surface area (Å²) >= 11 is 0. The Hall–Kier alpha value is -3.27. The molecule has 0 spiro atoms. The number of amides is 1. The van der Waals surface area contributed by atoms with Gasteiger partial charge < -0.3 is 15.4 Å². The van der Waals surface area contributed by atoms with Crippen molar-refractivity contribution in [3.63, 3.8) is 0 Å². The summed E-state index contributed by atoms with van der Waals surface area (Å²) in [6, 6.07) is 23.6. The van der Waals surface area contributed by atoms with E-state index in [0.29, 0.717) is 12.2 Å². The second-order valence-electron chi connectivity index (χ2n) is 6.44. The number of rotatable bonds is 4. The van der Waals surface area contributed by atoms with E-state index in [4.69, 9.17) is 4.74 Å². The third-order valence-corrected chi connectivity index (χ3v) is 4.49. The lowest BCUT2D eigenvalue weighted by atomic mass is 10.1. The number of carbonyl (C=O) groups excluding carboxylic acids is 1. The molecule has 4 heteroatoms. The zero-order valence-electron chi connectivity index (χ0n) is 14.5. The van der Waals surface area contributed by atoms with Crippen LogP contribution in [-0.4, -0.2) is 5.91 Å². The highest BCUT2D eigenvalue weighted by atomic mass is 16.5. The van der Waals surface area contributed by atoms with Crippen LogP contribution in [0.2, 0.25) is 0 Å². The Balaban J connectivity index is 1.43. The summed E-state index contributed by atoms with van der Waals surface area (Å²) in [5.41, 5.74) is 4.87. The van der Waals surface area contributed by atoms with Crippen LogP contribution in [0.15, 0.2) is 72.8 Å². The number of aryl methyl sites for hydroxylation is 1. The molecule has 3 aromatic carbocycles. The molecule has 3 aromatic rings. The van der Waals surface area contributed by atoms with Crippen molar-refractivity contribution in [3.05, 3.63) is 95.1 Å². The number of carbonyl (C=O) groups is 1. The number of para-hydroxylation sites is 1. The molecule has 0 aliphatic carbocycles. The summed E-state index contributed by atoms with van der Waals surface area (Å²) in [5.74, 6) is 0.737. The summed E-state index contributed by atoms with van der Waals surface area (Å²) in [5, 5.41) is 6.33. The quantitative estimate of drug-likeness (QED) is 0.736. The van der Waals surface area contributed by atoms with Crippen LogP contribution in [0.3, 0.4) is 0 Å². The molecule has 2 N–H and O–H groups in total. The number of fused-ring (bicyclic) bond motifs is 1. The van der Waals surface area contributed by atoms with Crippen LogP contribution in [0.5, 0.6) is 5.75 Å². The van der Waals surface area contributed by atoms with Gasteiger partial charge in [0, 0.05) is 5.69 Å². The molecule has 0 saturated carbocycles. The molecule has 0 unspecified atom stereocenters. The fraction of sp³-hybridized carbons (Fsp3) is 0.136. The molecular weight excluding hydrogens is 324 g/mol. The van der Waals surface area contributed by atoms with E-state index in [2.05, 4.69) is 41.8 Å². The minimum absolute atomic E-state index is 0.0657. The van der Waals surface area contributed by atoms with Crippen molar-refractivity contribution < 1.29 is 9.53 Å². The van der Waals surface area contributed by atoms with Crippen LogP contribution in [0.25, 0.3) is 0 Å². The van der Waals surface area contributed by atoms with Crippen molar-refractivity contribution in [1.82, 2.24) is 5.32 Å². The molecule has 0 bridgehead atoms. The van der Waals surface area contributed by atoms with Crippen molar-refractivity contribution in [2.24, 2.45) is 0 Å². The Morgan fingerprint density at radius 1 is 0.885 bits per heavy atom. The summed E-state index contributed by atoms with van der Waals surface area (Å²) < 4.78 is 5.84. The van der Waals surface area contributed by atoms with E-state index >= 15 is 0 Å². The molecular formula is C22H20N2O2. The Kier molecular flexibility index (Phi) is 4.32. The first kappa shape index (κ1) is 16.2. The third-order valence-electron chi connectivity index (χ3n) is 4.49. The molecule has 1 atom stereocenters. The van der Waals surface area contributed by atoms with Crippen molar-refractivity contribution >= 4 is 11.6 Å². The van der Waals surface area contributed by atoms with Crippen molar-refractivity contribution in [2.75, 3.05) is 5.32 Å². The van der Waals surface area contributed by atoms with Crippen LogP contribution < -0.4 is 15.4 Å². The van der Waals surface area contributed by atoms with Gasteiger partial charge in [0.05, 0.1) is 5.56 Å². The molecule has 0 aromatic heterocycles. The van der Waals surface area contributed by atoms with Gasteiger partial charge in [-0.1, -0.05) is 54.1 Å². The second kappa shape index (κ2) is 6.92. The maximum atomic E-state index is 12.2. The highest BCUT2D eigenvalue weighted by Crippen LogP contribution is 2.27. The SMILES string of the molecule is Cc1ccc(COc2ccc([C@@H]3NC(=O)c4ccccc4N3)cc2)cc1. The Morgan fingerprint density at radius 3 is 2.38 bits per heavy atom. The highest BCUT2D eigenvalue weighted by molar-refractivity contribution is 6.01. The predicted octanol–water partition coefficient (Wildman–Crippen LogP) is 4.43. The Bertz CT molecular complexity index is 918. The van der Waals surface area contributed by atoms with Crippen LogP contribution in [0, 0.1) is 6.92 Å². The first-order valence-corrected chi connectivity index (χ1v) is 8.64. The maximum absolute atomic E-state index is 12.2. The molecule has 0 fully saturated rings. The minimum Gasteiger partial charge on any atom is -0.489 e. The van der Waals surface area contributed by atoms with Crippen molar-refractivity contribution in [3.8, 4) is 5.75 Å². The molecule has 130 valence electrons. The summed E-state index contributed by atoms with van der Waals surface area (Å²) in [6.07, 6.45) is -0.247. The first-order chi connectivity index (χ1) is 12.7. The predicted molar refractivity (Wildman–Crippen MR) is 102 cm³/mol. The van der Waals surface area contributed by atoms with Gasteiger partial charge in [0.2, 0.25) is 0 Å². The molecule has 1 amide bonds. The van der Waals surface area contributed by atoms with Gasteiger partial charge in [-0.15, -0.1) is 0 Å². The number of hydrogen-bond donors (Lipinski definition) is 2. The number of nitrogens with one attached hydrogen (secondary N) is 2. The smallest absolute Gasteiger partial charge is 0.255 e. The number of anilines is 1. The van der Waals surface area contributed by atoms with Crippen molar-refractivity contribution in [1.29, 1.82) is 0 Å². The summed E-state index contributed by atoms with van der Waals surface area (Å²) in [6.45, 7) is 2.60. The molecule has 4 rings (SSSR count). The molecule has 1 aliphatic rings. The highest BCUT2D eigenvalue weighted by Gasteiger charge is 2.23. The average molecular weight is 344 g/mol. The van der Waals surface area contributed by atoms with Crippen LogP contribution in [0.1, 0.15) is 33.2 Å². The fourth-order valence-electron chi connectivity index (χ4n) is 2.98. The van der Waals surface area contributed by atoms with Gasteiger partial charge in [0.1, 0.15) is 18.5 Å². The lowest BCUT2D eigenvalue weighted by molar-refractivity contribution is 0.0935. The van der Waals surface area contributed by atoms with E-state index in [0.717, 1.165) is 22.6 Å². The lowest BCUT2D eigenvalue weighted by Gasteiger charge is -2.28. The Labute approximate surface area is 152 Å². The van der Waals surface area contributed by atoms with E-state index in [-0.39, 0.29) is 12.1 Å². The lowest BCUT2D eigenvalue weighted by Crippen LogP contribution is -2.38. The molecule has 0 radical (unpaired) electrons. The normalized spacial score (nSPS) is 15.6. The van der Waals surface area contributed by atoms with E-state index in [1.54, 1.807) is 0 Å². The summed E-state index contributed by atoms with van der Waals surface area (Å²) in [4.78, 5) is 12.2. The number of hydrogen-bond acceptors (Lipinski definition) is 3. The van der Waals surface area contributed by atoms with E-state index in [9.17, 15) is 4.79 Å². The molecule has 26 heavy (non-hydrogen) atoms. The van der Waals surface area contributed by atoms with E-state index < -0.39 is 0 Å². The van der Waals surface area contributed by atoms with Crippen molar-refractivity contribution in [2.45, 2.75) is 19.7 Å². The summed E-state index contributed by atoms with van der Waals surface area (Å²) in [7, 11) is 0. The van der Waals surface area contributed by atoms with Gasteiger partial charge in [-0.3, -0.25) is 4.79 Å². The van der Waals surface area contributed by atoms with E-state index in [1.807, 2.05) is 48.5 Å². The minimum atomic E-state index is -0.247. The molecule has 1 heterocycles. The van der Waals surface area contributed by atoms with Gasteiger partial charge in [0.15, 0.2) is 0 Å². The molecule has 4 nitrogen and oxygen atoms in total. The molecule has 1 aliphatic heterocycles. The number of benzene rings is 3. The number of ether oxygens (including phenoxy) is 1. The van der Waals surface area contributed by atoms with Crippen LogP contribution in [0.4, 0.5) is 5.69 Å². The first-order valence-electron chi connectivity index (χ1n) is 8.64. The van der Waals surface area contributed by atoms with Gasteiger partial charge in [-0.25, -0.2) is 0 Å². The Morgan fingerprint density at radius 2 is 1.62 bits per heavy atom. The molecule has 0 saturated heterocycles. The van der Waals surface area contributed by atoms with Gasteiger partial charge in [-0.05, 0) is 42.3 Å². The van der Waals surface area contributed by atoms with Crippen LogP contribution in [-0.2, 0) is 6.61 Å². The monoisotopic (exact) mass is 344 g/mol. The van der Waals surface area contributed by atoms with Gasteiger partial charge in [0.25, 0.3) is 5.91 Å². The fourth-order valence-corrected chi connectivity index (χ4v) is 2.98. The van der Waals surface area contributed by atoms with Gasteiger partial charge >= 0.3 is 0 Å². The standard InChI is InChI=1S/C22H20N2O2/c1-15-6-8-16(9-7-15)14-26-18-12-10-17(11-13-18)21-23-20-5-3-2-4-19(20)22(25)24-21/h2-13,21,23H,14H2,1H3,(H,24,25)/t21-/m0/s1. The second-order valence-corrected chi connectivity index (χ2v) is 6.44. The van der Waals surface area contributed by atoms with Gasteiger partial charge in [-0.2, -0.15) is 0 Å². The zero-order valence-corrected chi connectivity index (χ0v) is 14.5. The topological polar surface area (TPSA) is 50.4 Å². The van der Waals surface area contributed by atoms with E-state index in [1.165, 1.54) is 5.56 Å². The van der Waals surface area contributed by atoms with Crippen LogP contribution >= 0.6 is 0 Å². The largest absolute Gasteiger partial charge is 0.489 e. The zero-order chi connectivity index (χ0) is 17.9.